The molecule has 1 aliphatic carbocycles. The normalized spacial score (nSPS) is 19.7. The molecule has 1 atom stereocenters. The summed E-state index contributed by atoms with van der Waals surface area (Å²) in [5.41, 5.74) is 2.71. The molecule has 1 saturated carbocycles. The van der Waals surface area contributed by atoms with Gasteiger partial charge in [0, 0.05) is 24.7 Å². The van der Waals surface area contributed by atoms with Crippen LogP contribution >= 0.6 is 11.6 Å². The zero-order valence-electron chi connectivity index (χ0n) is 26.6. The second kappa shape index (κ2) is 14.5. The van der Waals surface area contributed by atoms with Crippen molar-refractivity contribution in [3.8, 4) is 11.5 Å². The molecule has 3 aromatic rings. The van der Waals surface area contributed by atoms with Crippen LogP contribution in [-0.2, 0) is 20.7 Å². The second-order valence-corrected chi connectivity index (χ2v) is 12.5. The van der Waals surface area contributed by atoms with Crippen molar-refractivity contribution >= 4 is 35.1 Å². The molecule has 1 aromatic heterocycles. The van der Waals surface area contributed by atoms with Crippen molar-refractivity contribution in [1.82, 2.24) is 15.3 Å². The summed E-state index contributed by atoms with van der Waals surface area (Å²) in [5.74, 6) is 2.62. The largest absolute Gasteiger partial charge is 0.493 e. The first-order valence-corrected chi connectivity index (χ1v) is 15.8. The number of methoxy groups -OCH3 is 2. The average Bonchev–Trinajstić information content (AvgIpc) is 3.04. The summed E-state index contributed by atoms with van der Waals surface area (Å²) in [6, 6.07) is 11.3. The number of nitrogens with zero attached hydrogens (tertiary/aromatic N) is 4. The number of aromatic nitrogens is 2. The predicted octanol–water partition coefficient (Wildman–Crippen LogP) is 5.36. The van der Waals surface area contributed by atoms with Crippen LogP contribution in [0.2, 0.25) is 5.02 Å². The number of amides is 1. The molecule has 1 aliphatic heterocycles. The smallest absolute Gasteiger partial charge is 0.319 e. The molecule has 5 rings (SSSR count). The molecular formula is C34H42ClN5O5. The Hall–Kier alpha value is -3.89. The highest BCUT2D eigenvalue weighted by Gasteiger charge is 2.37. The van der Waals surface area contributed by atoms with Crippen molar-refractivity contribution in [2.45, 2.75) is 64.1 Å². The molecule has 240 valence electrons. The van der Waals surface area contributed by atoms with Gasteiger partial charge in [-0.2, -0.15) is 0 Å². The summed E-state index contributed by atoms with van der Waals surface area (Å²) in [5, 5.41) is 3.91. The number of hydrogen-bond donors (Lipinski definition) is 1. The number of carbonyl (C=O) groups excluding carboxylic acids is 2. The van der Waals surface area contributed by atoms with Crippen LogP contribution in [0.25, 0.3) is 0 Å². The van der Waals surface area contributed by atoms with Crippen molar-refractivity contribution in [1.29, 1.82) is 0 Å². The zero-order chi connectivity index (χ0) is 32.1. The minimum absolute atomic E-state index is 0.0547. The molecule has 1 fully saturated rings. The van der Waals surface area contributed by atoms with Crippen LogP contribution in [0.5, 0.6) is 11.5 Å². The van der Waals surface area contributed by atoms with Crippen molar-refractivity contribution in [3.63, 3.8) is 0 Å². The van der Waals surface area contributed by atoms with E-state index in [2.05, 4.69) is 10.2 Å². The summed E-state index contributed by atoms with van der Waals surface area (Å²) in [6.45, 7) is 5.03. The fourth-order valence-electron chi connectivity index (χ4n) is 6.26. The van der Waals surface area contributed by atoms with Gasteiger partial charge in [-0.15, -0.1) is 0 Å². The maximum Gasteiger partial charge on any atom is 0.319 e. The maximum atomic E-state index is 13.8. The lowest BCUT2D eigenvalue weighted by molar-refractivity contribution is -0.139. The first kappa shape index (κ1) is 32.5. The molecule has 0 saturated heterocycles. The maximum absolute atomic E-state index is 13.8. The van der Waals surface area contributed by atoms with Gasteiger partial charge in [-0.1, -0.05) is 23.7 Å². The van der Waals surface area contributed by atoms with Gasteiger partial charge in [0.25, 0.3) is 0 Å². The molecule has 0 unspecified atom stereocenters. The molecule has 1 amide bonds. The third-order valence-electron chi connectivity index (χ3n) is 8.54. The topological polar surface area (TPSA) is 106 Å². The van der Waals surface area contributed by atoms with Crippen LogP contribution in [-0.4, -0.2) is 68.3 Å². The van der Waals surface area contributed by atoms with E-state index in [1.807, 2.05) is 57.3 Å². The molecule has 1 N–H and O–H groups in total. The lowest BCUT2D eigenvalue weighted by Gasteiger charge is -2.37. The Morgan fingerprint density at radius 1 is 1.07 bits per heavy atom. The number of ether oxygens (including phenoxy) is 3. The van der Waals surface area contributed by atoms with Crippen molar-refractivity contribution in [2.24, 2.45) is 5.92 Å². The number of benzene rings is 2. The molecule has 10 nitrogen and oxygen atoms in total. The molecule has 2 heterocycles. The van der Waals surface area contributed by atoms with Gasteiger partial charge in [0.2, 0.25) is 5.91 Å². The monoisotopic (exact) mass is 635 g/mol. The van der Waals surface area contributed by atoms with E-state index in [1.165, 1.54) is 7.11 Å². The van der Waals surface area contributed by atoms with E-state index in [0.717, 1.165) is 54.7 Å². The van der Waals surface area contributed by atoms with E-state index in [0.29, 0.717) is 34.3 Å². The van der Waals surface area contributed by atoms with Crippen LogP contribution < -0.4 is 24.6 Å². The quantitative estimate of drug-likeness (QED) is 0.279. The molecule has 11 heteroatoms. The third kappa shape index (κ3) is 7.68. The van der Waals surface area contributed by atoms with Crippen LogP contribution in [0.3, 0.4) is 0 Å². The molecule has 2 aromatic carbocycles. The second-order valence-electron chi connectivity index (χ2n) is 12.1. The molecule has 0 bridgehead atoms. The number of nitrogens with one attached hydrogen (secondary N) is 1. The Labute approximate surface area is 270 Å². The van der Waals surface area contributed by atoms with Gasteiger partial charge in [0.1, 0.15) is 5.82 Å². The van der Waals surface area contributed by atoms with Gasteiger partial charge in [0.05, 0.1) is 51.7 Å². The number of carbonyl (C=O) groups is 2. The number of anilines is 2. The molecule has 45 heavy (non-hydrogen) atoms. The van der Waals surface area contributed by atoms with Gasteiger partial charge in [-0.05, 0) is 86.4 Å². The number of esters is 1. The van der Waals surface area contributed by atoms with Gasteiger partial charge < -0.3 is 24.4 Å². The van der Waals surface area contributed by atoms with Crippen LogP contribution in [0, 0.1) is 5.92 Å². The van der Waals surface area contributed by atoms with Gasteiger partial charge in [0.15, 0.2) is 17.3 Å². The highest BCUT2D eigenvalue weighted by Crippen LogP contribution is 2.43. The van der Waals surface area contributed by atoms with E-state index in [4.69, 9.17) is 35.8 Å². The van der Waals surface area contributed by atoms with Gasteiger partial charge in [-0.25, -0.2) is 9.97 Å². The Balaban J connectivity index is 1.36. The van der Waals surface area contributed by atoms with Crippen molar-refractivity contribution in [3.05, 3.63) is 70.5 Å². The van der Waals surface area contributed by atoms with Crippen molar-refractivity contribution in [2.75, 3.05) is 44.2 Å². The Bertz CT molecular complexity index is 1480. The minimum Gasteiger partial charge on any atom is -0.493 e. The van der Waals surface area contributed by atoms with E-state index >= 15 is 0 Å². The first-order valence-electron chi connectivity index (χ1n) is 15.4. The van der Waals surface area contributed by atoms with Crippen molar-refractivity contribution < 1.29 is 23.8 Å². The third-order valence-corrected chi connectivity index (χ3v) is 8.79. The molecule has 2 aliphatic rings. The number of halogens is 1. The summed E-state index contributed by atoms with van der Waals surface area (Å²) in [4.78, 5) is 38.6. The SMILES string of the molecule is COC(=O)CN[C@H]1CC[C@H](CN(C)c2cnc(N3C(=O)Cc4cc(OC)c(OC(C)C)cc4[C@@H]3c3ccc(Cl)cc3)cn2)CC1. The fourth-order valence-corrected chi connectivity index (χ4v) is 6.39. The predicted molar refractivity (Wildman–Crippen MR) is 174 cm³/mol. The molecular weight excluding hydrogens is 594 g/mol. The average molecular weight is 636 g/mol. The first-order chi connectivity index (χ1) is 21.7. The van der Waals surface area contributed by atoms with Gasteiger partial charge >= 0.3 is 5.97 Å². The lowest BCUT2D eigenvalue weighted by atomic mass is 9.85. The Morgan fingerprint density at radius 3 is 2.42 bits per heavy atom. The van der Waals surface area contributed by atoms with E-state index in [-0.39, 0.29) is 30.9 Å². The Kier molecular flexibility index (Phi) is 10.5. The number of rotatable bonds is 11. The van der Waals surface area contributed by atoms with Crippen LogP contribution in [0.1, 0.15) is 62.3 Å². The van der Waals surface area contributed by atoms with Gasteiger partial charge in [-0.3, -0.25) is 14.5 Å². The highest BCUT2D eigenvalue weighted by atomic mass is 35.5. The summed E-state index contributed by atoms with van der Waals surface area (Å²) < 4.78 is 16.5. The minimum atomic E-state index is -0.459. The van der Waals surface area contributed by atoms with E-state index in [1.54, 1.807) is 24.4 Å². The number of hydrogen-bond acceptors (Lipinski definition) is 9. The van der Waals surface area contributed by atoms with Crippen LogP contribution in [0.15, 0.2) is 48.8 Å². The number of fused-ring (bicyclic) bond motifs is 1. The fraction of sp³-hybridized carbons (Fsp3) is 0.471. The van der Waals surface area contributed by atoms with E-state index < -0.39 is 6.04 Å². The zero-order valence-corrected chi connectivity index (χ0v) is 27.3. The Morgan fingerprint density at radius 2 is 1.80 bits per heavy atom. The molecule has 0 radical (unpaired) electrons. The van der Waals surface area contributed by atoms with Crippen LogP contribution in [0.4, 0.5) is 11.6 Å². The highest BCUT2D eigenvalue weighted by molar-refractivity contribution is 6.30. The summed E-state index contributed by atoms with van der Waals surface area (Å²) >= 11 is 6.25. The summed E-state index contributed by atoms with van der Waals surface area (Å²) in [6.07, 6.45) is 7.71. The lowest BCUT2D eigenvalue weighted by Crippen LogP contribution is -2.41. The molecule has 0 spiro atoms. The van der Waals surface area contributed by atoms with E-state index in [9.17, 15) is 9.59 Å². The summed E-state index contributed by atoms with van der Waals surface area (Å²) in [7, 11) is 5.03. The standard InChI is InChI=1S/C34H42ClN5O5/c1-21(2)45-29-16-27-24(14-28(29)43-4)15-32(41)40(34(27)23-8-10-25(35)11-9-23)31-18-37-30(17-38-31)39(3)20-22-6-12-26(13-7-22)36-19-33(42)44-5/h8-11,14,16-18,21-22,26,34,36H,6-7,12-13,15,19-20H2,1-5H3/t22-,26-,34-/m0/s1.